The summed E-state index contributed by atoms with van der Waals surface area (Å²) in [6.45, 7) is 5.29. The Morgan fingerprint density at radius 3 is 2.53 bits per heavy atom. The van der Waals surface area contributed by atoms with Crippen LogP contribution in [-0.4, -0.2) is 63.5 Å². The van der Waals surface area contributed by atoms with Gasteiger partial charge in [0, 0.05) is 32.1 Å². The van der Waals surface area contributed by atoms with Crippen LogP contribution in [0.1, 0.15) is 57.7 Å². The van der Waals surface area contributed by atoms with Crippen molar-refractivity contribution in [3.63, 3.8) is 0 Å². The van der Waals surface area contributed by atoms with Crippen LogP contribution in [0.15, 0.2) is 42.9 Å². The predicted octanol–water partition coefficient (Wildman–Crippen LogP) is 3.18. The Labute approximate surface area is 213 Å². The van der Waals surface area contributed by atoms with Crippen molar-refractivity contribution in [3.05, 3.63) is 60.5 Å². The first-order valence-corrected chi connectivity index (χ1v) is 12.5. The molecule has 1 aliphatic rings. The van der Waals surface area contributed by atoms with E-state index in [4.69, 9.17) is 4.74 Å². The van der Waals surface area contributed by atoms with Gasteiger partial charge in [-0.05, 0) is 45.6 Å². The molecule has 36 heavy (non-hydrogen) atoms. The maximum absolute atomic E-state index is 13.8. The first kappa shape index (κ1) is 27.2. The highest BCUT2D eigenvalue weighted by molar-refractivity contribution is 5.91. The highest BCUT2D eigenvalue weighted by Gasteiger charge is 2.34. The summed E-state index contributed by atoms with van der Waals surface area (Å²) in [6.07, 6.45) is 9.23. The number of carbonyl (C=O) groups is 3. The van der Waals surface area contributed by atoms with Crippen LogP contribution in [0.2, 0.25) is 0 Å². The number of imidazole rings is 1. The lowest BCUT2D eigenvalue weighted by Gasteiger charge is -2.33. The molecule has 195 valence electrons. The number of aromatic amines is 1. The number of H-pyrrole nitrogens is 1. The van der Waals surface area contributed by atoms with E-state index in [9.17, 15) is 14.4 Å². The Morgan fingerprint density at radius 2 is 1.92 bits per heavy atom. The van der Waals surface area contributed by atoms with Crippen molar-refractivity contribution >= 4 is 17.9 Å². The highest BCUT2D eigenvalue weighted by Crippen LogP contribution is 2.18. The first-order valence-electron chi connectivity index (χ1n) is 12.5. The molecule has 3 amide bonds. The molecule has 1 radical (unpaired) electrons. The molecule has 0 saturated heterocycles. The Morgan fingerprint density at radius 1 is 1.17 bits per heavy atom. The van der Waals surface area contributed by atoms with Crippen LogP contribution in [0, 0.1) is 6.42 Å². The lowest BCUT2D eigenvalue weighted by atomic mass is 9.95. The Kier molecular flexibility index (Phi) is 9.50. The maximum atomic E-state index is 13.8. The van der Waals surface area contributed by atoms with Crippen molar-refractivity contribution in [2.45, 2.75) is 83.0 Å². The van der Waals surface area contributed by atoms with Crippen molar-refractivity contribution < 1.29 is 19.1 Å². The molecule has 3 rings (SSSR count). The molecule has 0 bridgehead atoms. The standard InChI is InChI=1S/C27H38N5O4/c1-27(2,3)36-26(35)31-22(15-19-11-7-5-8-12-19)25(34)32(4)23(16-21-17-28-18-29-21)24(33)30-20-13-9-6-10-14-20/h5,7-8,11-13,17-18,20,22-23H,6,9-10,14-16H2,1-4H3,(H,28,29)(H,30,33)(H,31,35)/t20-,22-,23-/m0/s1. The number of hydrogen-bond acceptors (Lipinski definition) is 5. The van der Waals surface area contributed by atoms with Crippen molar-refractivity contribution in [2.75, 3.05) is 7.05 Å². The monoisotopic (exact) mass is 496 g/mol. The molecule has 1 aromatic carbocycles. The van der Waals surface area contributed by atoms with E-state index in [0.29, 0.717) is 5.69 Å². The molecule has 9 nitrogen and oxygen atoms in total. The number of benzene rings is 1. The minimum Gasteiger partial charge on any atom is -0.444 e. The van der Waals surface area contributed by atoms with Crippen LogP contribution in [0.4, 0.5) is 4.79 Å². The van der Waals surface area contributed by atoms with E-state index in [0.717, 1.165) is 31.2 Å². The second kappa shape index (κ2) is 12.6. The average molecular weight is 497 g/mol. The minimum absolute atomic E-state index is 0.0172. The number of amides is 3. The summed E-state index contributed by atoms with van der Waals surface area (Å²) in [4.78, 5) is 48.3. The summed E-state index contributed by atoms with van der Waals surface area (Å²) in [5.41, 5.74) is 0.836. The molecule has 1 aromatic heterocycles. The van der Waals surface area contributed by atoms with Crippen LogP contribution in [-0.2, 0) is 27.2 Å². The smallest absolute Gasteiger partial charge is 0.408 e. The molecule has 0 spiro atoms. The van der Waals surface area contributed by atoms with Crippen molar-refractivity contribution in [1.29, 1.82) is 0 Å². The van der Waals surface area contributed by atoms with Crippen molar-refractivity contribution in [1.82, 2.24) is 25.5 Å². The molecular weight excluding hydrogens is 458 g/mol. The van der Waals surface area contributed by atoms with Gasteiger partial charge in [-0.2, -0.15) is 0 Å². The summed E-state index contributed by atoms with van der Waals surface area (Å²) < 4.78 is 5.41. The van der Waals surface area contributed by atoms with E-state index in [-0.39, 0.29) is 30.7 Å². The van der Waals surface area contributed by atoms with Crippen molar-refractivity contribution in [3.8, 4) is 0 Å². The average Bonchev–Trinajstić information content (AvgIpc) is 3.35. The Hall–Kier alpha value is -3.36. The van der Waals surface area contributed by atoms with E-state index >= 15 is 0 Å². The number of rotatable bonds is 9. The van der Waals surface area contributed by atoms with E-state index in [1.807, 2.05) is 30.3 Å². The topological polar surface area (TPSA) is 116 Å². The normalized spacial score (nSPS) is 16.0. The van der Waals surface area contributed by atoms with E-state index in [1.165, 1.54) is 4.90 Å². The zero-order valence-electron chi connectivity index (χ0n) is 21.6. The quantitative estimate of drug-likeness (QED) is 0.493. The third-order valence-electron chi connectivity index (χ3n) is 6.09. The molecule has 1 heterocycles. The van der Waals surface area contributed by atoms with Gasteiger partial charge in [0.2, 0.25) is 11.8 Å². The lowest BCUT2D eigenvalue weighted by Crippen LogP contribution is -2.57. The van der Waals surface area contributed by atoms with Crippen LogP contribution < -0.4 is 10.6 Å². The van der Waals surface area contributed by atoms with Crippen LogP contribution in [0.3, 0.4) is 0 Å². The number of hydrogen-bond donors (Lipinski definition) is 3. The van der Waals surface area contributed by atoms with Crippen LogP contribution in [0.5, 0.6) is 0 Å². The summed E-state index contributed by atoms with van der Waals surface area (Å²) >= 11 is 0. The van der Waals surface area contributed by atoms with Gasteiger partial charge < -0.3 is 25.3 Å². The number of aromatic nitrogens is 2. The van der Waals surface area contributed by atoms with Gasteiger partial charge in [-0.15, -0.1) is 0 Å². The van der Waals surface area contributed by atoms with Gasteiger partial charge in [-0.25, -0.2) is 9.78 Å². The van der Waals surface area contributed by atoms with Gasteiger partial charge in [0.25, 0.3) is 0 Å². The highest BCUT2D eigenvalue weighted by atomic mass is 16.6. The first-order chi connectivity index (χ1) is 17.1. The zero-order chi connectivity index (χ0) is 26.1. The lowest BCUT2D eigenvalue weighted by molar-refractivity contribution is -0.140. The van der Waals surface area contributed by atoms with E-state index in [1.54, 1.807) is 40.3 Å². The van der Waals surface area contributed by atoms with E-state index < -0.39 is 23.8 Å². The molecule has 1 fully saturated rings. The second-order valence-corrected chi connectivity index (χ2v) is 10.3. The van der Waals surface area contributed by atoms with E-state index in [2.05, 4.69) is 27.0 Å². The SMILES string of the molecule is CN(C(=O)[C@H](Cc1ccccc1)NC(=O)OC(C)(C)C)[C@@H](Cc1c[nH]cn1)C(=O)N[C@H]1[CH]CCCC1. The zero-order valence-corrected chi connectivity index (χ0v) is 21.6. The second-order valence-electron chi connectivity index (χ2n) is 10.3. The van der Waals surface area contributed by atoms with Gasteiger partial charge in [0.05, 0.1) is 12.0 Å². The number of likely N-dealkylation sites (N-methyl/N-ethyl adjacent to an activating group) is 1. The largest absolute Gasteiger partial charge is 0.444 e. The summed E-state index contributed by atoms with van der Waals surface area (Å²) in [6, 6.07) is 7.70. The predicted molar refractivity (Wildman–Crippen MR) is 137 cm³/mol. The molecule has 0 unspecified atom stereocenters. The van der Waals surface area contributed by atoms with Crippen LogP contribution in [0.25, 0.3) is 0 Å². The van der Waals surface area contributed by atoms with Gasteiger partial charge >= 0.3 is 6.09 Å². The maximum Gasteiger partial charge on any atom is 0.408 e. The number of ether oxygens (including phenoxy) is 1. The third kappa shape index (κ3) is 8.39. The number of carbonyl (C=O) groups excluding carboxylic acids is 3. The fourth-order valence-electron chi connectivity index (χ4n) is 4.26. The van der Waals surface area contributed by atoms with Crippen LogP contribution >= 0.6 is 0 Å². The molecule has 2 aromatic rings. The molecule has 0 aliphatic heterocycles. The summed E-state index contributed by atoms with van der Waals surface area (Å²) in [5.74, 6) is -0.624. The Balaban J connectivity index is 1.81. The van der Waals surface area contributed by atoms with Gasteiger partial charge in [-0.1, -0.05) is 43.2 Å². The van der Waals surface area contributed by atoms with Crippen molar-refractivity contribution in [2.24, 2.45) is 0 Å². The number of nitrogens with one attached hydrogen (secondary N) is 3. The fourth-order valence-corrected chi connectivity index (χ4v) is 4.26. The molecular formula is C27H38N5O4. The van der Waals surface area contributed by atoms with Gasteiger partial charge in [0.1, 0.15) is 17.7 Å². The number of alkyl carbamates (subject to hydrolysis) is 1. The summed E-state index contributed by atoms with van der Waals surface area (Å²) in [7, 11) is 1.60. The molecule has 1 saturated carbocycles. The number of nitrogens with zero attached hydrogens (tertiary/aromatic N) is 2. The van der Waals surface area contributed by atoms with Gasteiger partial charge in [-0.3, -0.25) is 9.59 Å². The third-order valence-corrected chi connectivity index (χ3v) is 6.09. The molecule has 3 N–H and O–H groups in total. The van der Waals surface area contributed by atoms with Gasteiger partial charge in [0.15, 0.2) is 0 Å². The Bertz CT molecular complexity index is 981. The molecule has 1 aliphatic carbocycles. The summed E-state index contributed by atoms with van der Waals surface area (Å²) in [5, 5.41) is 5.81. The fraction of sp³-hybridized carbons (Fsp3) is 0.519. The minimum atomic E-state index is -0.914. The molecule has 3 atom stereocenters. The molecule has 9 heteroatoms.